The van der Waals surface area contributed by atoms with Gasteiger partial charge in [-0.25, -0.2) is 9.59 Å². The van der Waals surface area contributed by atoms with Crippen molar-refractivity contribution in [2.24, 2.45) is 7.05 Å². The third-order valence-corrected chi connectivity index (χ3v) is 5.53. The Hall–Kier alpha value is -3.28. The number of fused-ring (bicyclic) bond motifs is 2. The second-order valence-electron chi connectivity index (χ2n) is 6.92. The van der Waals surface area contributed by atoms with Crippen molar-refractivity contribution in [2.75, 3.05) is 0 Å². The highest BCUT2D eigenvalue weighted by Crippen LogP contribution is 2.29. The zero-order chi connectivity index (χ0) is 21.0. The minimum atomic E-state index is -0.477. The Morgan fingerprint density at radius 1 is 0.667 bits per heavy atom. The van der Waals surface area contributed by atoms with Crippen LogP contribution in [0.3, 0.4) is 0 Å². The lowest BCUT2D eigenvalue weighted by Crippen LogP contribution is -2.08. The van der Waals surface area contributed by atoms with Crippen LogP contribution in [0.15, 0.2) is 79.1 Å². The van der Waals surface area contributed by atoms with E-state index in [-0.39, 0.29) is 0 Å². The first-order valence-corrected chi connectivity index (χ1v) is 9.79. The number of rotatable bonds is 2. The lowest BCUT2D eigenvalue weighted by molar-refractivity contribution is 0.562. The highest BCUT2D eigenvalue weighted by Gasteiger charge is 2.17. The molecule has 0 saturated carbocycles. The molecule has 0 spiro atoms. The second-order valence-corrected chi connectivity index (χ2v) is 7.80. The smallest absolute Gasteiger partial charge is 0.345 e. The summed E-state index contributed by atoms with van der Waals surface area (Å²) < 4.78 is 12.6. The second kappa shape index (κ2) is 6.90. The minimum absolute atomic E-state index is 0.367. The fourth-order valence-electron chi connectivity index (χ4n) is 3.60. The summed E-state index contributed by atoms with van der Waals surface area (Å²) in [5.41, 5.74) is 1.89. The summed E-state index contributed by atoms with van der Waals surface area (Å²) in [6.45, 7) is 0. The van der Waals surface area contributed by atoms with Crippen molar-refractivity contribution in [3.8, 4) is 22.5 Å². The van der Waals surface area contributed by atoms with Gasteiger partial charge in [0.15, 0.2) is 0 Å². The molecular formula is C23H13Cl2NO4. The predicted octanol–water partition coefficient (Wildman–Crippen LogP) is 5.88. The van der Waals surface area contributed by atoms with Gasteiger partial charge in [-0.2, -0.15) is 0 Å². The molecular weight excluding hydrogens is 425 g/mol. The molecule has 5 aromatic rings. The fraction of sp³-hybridized carbons (Fsp3) is 0.0435. The summed E-state index contributed by atoms with van der Waals surface area (Å²) in [5, 5.41) is 2.50. The van der Waals surface area contributed by atoms with Gasteiger partial charge >= 0.3 is 11.3 Å². The monoisotopic (exact) mass is 437 g/mol. The Kier molecular flexibility index (Phi) is 4.31. The minimum Gasteiger partial charge on any atom is -0.422 e. The molecule has 0 saturated heterocycles. The summed E-state index contributed by atoms with van der Waals surface area (Å²) in [5.74, 6) is 0. The third-order valence-electron chi connectivity index (χ3n) is 5.06. The summed E-state index contributed by atoms with van der Waals surface area (Å²) in [6.07, 6.45) is 0. The van der Waals surface area contributed by atoms with Crippen molar-refractivity contribution < 1.29 is 8.83 Å². The Labute approximate surface area is 179 Å². The first kappa shape index (κ1) is 18.7. The van der Waals surface area contributed by atoms with Crippen molar-refractivity contribution in [3.63, 3.8) is 0 Å². The van der Waals surface area contributed by atoms with Crippen LogP contribution in [-0.2, 0) is 7.05 Å². The van der Waals surface area contributed by atoms with Crippen LogP contribution in [0.25, 0.3) is 44.5 Å². The summed E-state index contributed by atoms with van der Waals surface area (Å²) in [7, 11) is 1.77. The lowest BCUT2D eigenvalue weighted by atomic mass is 10.1. The molecule has 30 heavy (non-hydrogen) atoms. The van der Waals surface area contributed by atoms with Gasteiger partial charge in [0.25, 0.3) is 0 Å². The van der Waals surface area contributed by atoms with Crippen molar-refractivity contribution in [3.05, 3.63) is 91.5 Å². The average molecular weight is 438 g/mol. The molecule has 0 fully saturated rings. The molecule has 7 heteroatoms. The molecule has 0 radical (unpaired) electrons. The van der Waals surface area contributed by atoms with Gasteiger partial charge in [0.05, 0.1) is 22.5 Å². The van der Waals surface area contributed by atoms with Gasteiger partial charge in [0.1, 0.15) is 11.2 Å². The molecule has 3 heterocycles. The van der Waals surface area contributed by atoms with Crippen LogP contribution >= 0.6 is 23.2 Å². The zero-order valence-electron chi connectivity index (χ0n) is 15.6. The third kappa shape index (κ3) is 3.03. The van der Waals surface area contributed by atoms with E-state index in [2.05, 4.69) is 0 Å². The largest absolute Gasteiger partial charge is 0.422 e. The van der Waals surface area contributed by atoms with Gasteiger partial charge in [0.2, 0.25) is 0 Å². The summed E-state index contributed by atoms with van der Waals surface area (Å²) in [6, 6.07) is 17.1. The molecule has 0 atom stereocenters. The van der Waals surface area contributed by atoms with Crippen LogP contribution in [0.5, 0.6) is 0 Å². The van der Waals surface area contributed by atoms with Crippen molar-refractivity contribution in [1.29, 1.82) is 0 Å². The Bertz CT molecular complexity index is 1460. The van der Waals surface area contributed by atoms with Gasteiger partial charge in [-0.05, 0) is 60.7 Å². The van der Waals surface area contributed by atoms with E-state index in [1.807, 2.05) is 0 Å². The maximum atomic E-state index is 12.6. The van der Waals surface area contributed by atoms with Crippen LogP contribution in [-0.4, -0.2) is 4.57 Å². The quantitative estimate of drug-likeness (QED) is 0.323. The van der Waals surface area contributed by atoms with Gasteiger partial charge in [-0.1, -0.05) is 23.2 Å². The van der Waals surface area contributed by atoms with E-state index in [0.717, 1.165) is 0 Å². The van der Waals surface area contributed by atoms with E-state index < -0.39 is 11.3 Å². The van der Waals surface area contributed by atoms with Gasteiger partial charge in [-0.15, -0.1) is 0 Å². The van der Waals surface area contributed by atoms with E-state index in [1.165, 1.54) is 0 Å². The van der Waals surface area contributed by atoms with E-state index >= 15 is 0 Å². The molecule has 0 aliphatic rings. The Morgan fingerprint density at radius 2 is 1.10 bits per heavy atom. The molecule has 0 amide bonds. The average Bonchev–Trinajstić information content (AvgIpc) is 3.08. The Morgan fingerprint density at radius 3 is 1.53 bits per heavy atom. The van der Waals surface area contributed by atoms with E-state index in [0.29, 0.717) is 54.5 Å². The lowest BCUT2D eigenvalue weighted by Gasteiger charge is -2.08. The van der Waals surface area contributed by atoms with Gasteiger partial charge < -0.3 is 13.4 Å². The molecule has 0 aliphatic heterocycles. The molecule has 0 unspecified atom stereocenters. The number of hydrogen-bond acceptors (Lipinski definition) is 4. The zero-order valence-corrected chi connectivity index (χ0v) is 17.1. The highest BCUT2D eigenvalue weighted by atomic mass is 35.5. The van der Waals surface area contributed by atoms with E-state index in [4.69, 9.17) is 32.0 Å². The first-order chi connectivity index (χ1) is 14.4. The SMILES string of the molecule is Cn1c(-c2cc3cc(Cl)ccc3oc2=O)ccc1-c1cc2cc(Cl)ccc2oc1=O. The number of nitrogens with zero attached hydrogens (tertiary/aromatic N) is 1. The molecule has 0 bridgehead atoms. The maximum Gasteiger partial charge on any atom is 0.345 e. The van der Waals surface area contributed by atoms with Crippen molar-refractivity contribution >= 4 is 45.1 Å². The van der Waals surface area contributed by atoms with E-state index in [9.17, 15) is 9.59 Å². The summed E-state index contributed by atoms with van der Waals surface area (Å²) >= 11 is 12.1. The molecule has 5 rings (SSSR count). The van der Waals surface area contributed by atoms with Gasteiger partial charge in [0, 0.05) is 27.9 Å². The molecule has 2 aromatic carbocycles. The standard InChI is InChI=1S/C23H13Cl2NO4/c1-26-18(16-10-12-8-14(24)2-6-20(12)29-22(16)27)4-5-19(26)17-11-13-9-15(25)3-7-21(13)30-23(17)28/h2-11H,1H3. The maximum absolute atomic E-state index is 12.6. The number of halogens is 2. The van der Waals surface area contributed by atoms with Crippen LogP contribution in [0, 0.1) is 0 Å². The highest BCUT2D eigenvalue weighted by molar-refractivity contribution is 6.31. The summed E-state index contributed by atoms with van der Waals surface area (Å²) in [4.78, 5) is 25.2. The normalized spacial score (nSPS) is 11.4. The van der Waals surface area contributed by atoms with Crippen LogP contribution in [0.2, 0.25) is 10.0 Å². The number of hydrogen-bond donors (Lipinski definition) is 0. The molecule has 5 nitrogen and oxygen atoms in total. The van der Waals surface area contributed by atoms with Crippen LogP contribution in [0.4, 0.5) is 0 Å². The van der Waals surface area contributed by atoms with Gasteiger partial charge in [-0.3, -0.25) is 0 Å². The van der Waals surface area contributed by atoms with Crippen LogP contribution in [0.1, 0.15) is 0 Å². The van der Waals surface area contributed by atoms with Crippen LogP contribution < -0.4 is 11.3 Å². The fourth-order valence-corrected chi connectivity index (χ4v) is 3.96. The predicted molar refractivity (Wildman–Crippen MR) is 118 cm³/mol. The molecule has 3 aromatic heterocycles. The molecule has 0 N–H and O–H groups in total. The van der Waals surface area contributed by atoms with E-state index in [1.54, 1.807) is 72.3 Å². The first-order valence-electron chi connectivity index (χ1n) is 9.04. The number of aromatic nitrogens is 1. The molecule has 148 valence electrons. The topological polar surface area (TPSA) is 65.3 Å². The van der Waals surface area contributed by atoms with Crippen molar-refractivity contribution in [1.82, 2.24) is 4.57 Å². The van der Waals surface area contributed by atoms with Crippen molar-refractivity contribution in [2.45, 2.75) is 0 Å². The number of benzene rings is 2. The Balaban J connectivity index is 1.70. The molecule has 0 aliphatic carbocycles.